The van der Waals surface area contributed by atoms with Crippen LogP contribution in [-0.4, -0.2) is 19.6 Å². The van der Waals surface area contributed by atoms with Crippen molar-refractivity contribution in [1.29, 1.82) is 5.26 Å². The minimum Gasteiger partial charge on any atom is -0.476 e. The fourth-order valence-electron chi connectivity index (χ4n) is 3.62. The van der Waals surface area contributed by atoms with Gasteiger partial charge in [-0.3, -0.25) is 19.6 Å². The smallest absolute Gasteiger partial charge is 0.222 e. The van der Waals surface area contributed by atoms with E-state index in [0.29, 0.717) is 17.1 Å². The van der Waals surface area contributed by atoms with Crippen molar-refractivity contribution in [3.05, 3.63) is 188 Å². The van der Waals surface area contributed by atoms with Crippen LogP contribution >= 0.6 is 0 Å². The summed E-state index contributed by atoms with van der Waals surface area (Å²) in [7, 11) is 7.22. The molecule has 3 aromatic carbocycles. The molecule has 7 nitrogen and oxygen atoms in total. The minimum atomic E-state index is 0.515. The lowest BCUT2D eigenvalue weighted by Gasteiger charge is -2.26. The predicted octanol–water partition coefficient (Wildman–Crippen LogP) is 5.21. The Morgan fingerprint density at radius 1 is 0.571 bits per heavy atom. The van der Waals surface area contributed by atoms with Crippen LogP contribution in [0.1, 0.15) is 16.7 Å². The van der Waals surface area contributed by atoms with E-state index < -0.39 is 0 Å². The molecule has 2 fully saturated rings. The van der Waals surface area contributed by atoms with Gasteiger partial charge >= 0.3 is 0 Å². The average molecular weight is 540 g/mol. The molecule has 2 aliphatic heterocycles. The molecule has 0 bridgehead atoms. The second-order valence-electron chi connectivity index (χ2n) is 8.33. The zero-order valence-electron chi connectivity index (χ0n) is 22.0. The lowest BCUT2D eigenvalue weighted by atomic mass is 9.90. The predicted molar refractivity (Wildman–Crippen MR) is 149 cm³/mol. The first-order chi connectivity index (χ1) is 20.6. The first-order valence-electron chi connectivity index (χ1n) is 12.2. The second-order valence-corrected chi connectivity index (χ2v) is 8.33. The van der Waals surface area contributed by atoms with Crippen LogP contribution in [0.15, 0.2) is 78.9 Å². The maximum atomic E-state index is 10.2. The summed E-state index contributed by atoms with van der Waals surface area (Å²) in [6, 6.07) is 26.5. The molecule has 7 heteroatoms. The van der Waals surface area contributed by atoms with E-state index in [1.54, 1.807) is 24.3 Å². The fraction of sp³-hybridized carbons (Fsp3) is 0. The highest BCUT2D eigenvalue weighted by Gasteiger charge is 2.21. The van der Waals surface area contributed by atoms with Crippen molar-refractivity contribution in [1.82, 2.24) is 19.6 Å². The Balaban J connectivity index is 1.28. The standard InChI is InChI=1S/C35H17N5O2/c1-37-16-20-39(21-17-37)24-26-41-32-12-8-30(9-13-32)35(34(28-36)29-6-4-3-5-7-29)31-10-14-33(15-11-31)42-27-25-40-22-18-38(2)19-23-40/h3-15H,1-2H2. The Bertz CT molecular complexity index is 1250. The Morgan fingerprint density at radius 2 is 1.00 bits per heavy atom. The number of hydrogen-bond acceptors (Lipinski definition) is 7. The van der Waals surface area contributed by atoms with Crippen molar-refractivity contribution in [2.45, 2.75) is 0 Å². The molecule has 2 aliphatic rings. The van der Waals surface area contributed by atoms with Gasteiger partial charge in [0, 0.05) is 19.7 Å². The average Bonchev–Trinajstić information content (AvgIpc) is 3.03. The summed E-state index contributed by atoms with van der Waals surface area (Å²) in [5.74, 6) is 1.04. The molecular formula is C35H17N5O2. The van der Waals surface area contributed by atoms with Crippen LogP contribution in [0.2, 0.25) is 0 Å². The third-order valence-electron chi connectivity index (χ3n) is 5.55. The van der Waals surface area contributed by atoms with E-state index in [9.17, 15) is 5.26 Å². The molecule has 0 saturated carbocycles. The lowest BCUT2D eigenvalue weighted by Crippen LogP contribution is -2.28. The third kappa shape index (κ3) is 8.21. The van der Waals surface area contributed by atoms with Crippen molar-refractivity contribution in [2.24, 2.45) is 0 Å². The molecule has 0 spiro atoms. The van der Waals surface area contributed by atoms with E-state index >= 15 is 0 Å². The van der Waals surface area contributed by atoms with Gasteiger partial charge in [-0.1, -0.05) is 54.6 Å². The van der Waals surface area contributed by atoms with Gasteiger partial charge in [-0.15, -0.1) is 0 Å². The number of hydrogen-bond donors (Lipinski definition) is 0. The van der Waals surface area contributed by atoms with E-state index in [-0.39, 0.29) is 0 Å². The Labute approximate surface area is 251 Å². The number of nitriles is 1. The second kappa shape index (κ2) is 15.0. The highest BCUT2D eigenvalue weighted by Crippen LogP contribution is 2.34. The van der Waals surface area contributed by atoms with Crippen LogP contribution in [0.5, 0.6) is 11.5 Å². The largest absolute Gasteiger partial charge is 0.476 e. The van der Waals surface area contributed by atoms with Crippen LogP contribution in [0.25, 0.3) is 11.1 Å². The summed E-state index contributed by atoms with van der Waals surface area (Å²) in [6.07, 6.45) is 0. The van der Waals surface area contributed by atoms with Crippen molar-refractivity contribution in [3.8, 4) is 17.6 Å². The number of piperazine rings is 2. The lowest BCUT2D eigenvalue weighted by molar-refractivity contribution is 0.337. The van der Waals surface area contributed by atoms with E-state index in [1.807, 2.05) is 54.6 Å². The van der Waals surface area contributed by atoms with E-state index in [1.165, 1.54) is 19.6 Å². The molecule has 5 rings (SSSR count). The van der Waals surface area contributed by atoms with Crippen LogP contribution in [0.3, 0.4) is 0 Å². The fourth-order valence-corrected chi connectivity index (χ4v) is 3.62. The van der Waals surface area contributed by atoms with Crippen molar-refractivity contribution < 1.29 is 9.47 Å². The quantitative estimate of drug-likeness (QED) is 0.245. The number of rotatable bonds is 11. The molecule has 0 unspecified atom stereocenters. The summed E-state index contributed by atoms with van der Waals surface area (Å²) >= 11 is 0. The SMILES string of the molecule is [CH2]N1[C][C]N([C][C]Oc2ccc(C(=C(C#N)c3ccccc3)c3ccc(O[C][C]N4[C][C]N([CH2])[C][C]4)cc3)cc2)[C][C]1. The minimum absolute atomic E-state index is 0.515. The molecule has 42 heavy (non-hydrogen) atoms. The van der Waals surface area contributed by atoms with Gasteiger partial charge in [-0.05, 0) is 41.0 Å². The first-order valence-corrected chi connectivity index (χ1v) is 12.2. The molecular weight excluding hydrogens is 522 g/mol. The number of nitrogens with zero attached hydrogens (tertiary/aromatic N) is 5. The van der Waals surface area contributed by atoms with Crippen LogP contribution in [0.4, 0.5) is 0 Å². The van der Waals surface area contributed by atoms with Crippen molar-refractivity contribution in [2.75, 3.05) is 0 Å². The summed E-state index contributed by atoms with van der Waals surface area (Å²) in [6.45, 7) is 32.2. The van der Waals surface area contributed by atoms with Gasteiger partial charge in [-0.2, -0.15) is 5.26 Å². The highest BCUT2D eigenvalue weighted by molar-refractivity contribution is 6.03. The maximum absolute atomic E-state index is 10.2. The van der Waals surface area contributed by atoms with E-state index in [2.05, 4.69) is 98.8 Å². The van der Waals surface area contributed by atoms with Crippen molar-refractivity contribution in [3.63, 3.8) is 0 Å². The summed E-state index contributed by atoms with van der Waals surface area (Å²) < 4.78 is 11.1. The van der Waals surface area contributed by atoms with Crippen LogP contribution < -0.4 is 9.47 Å². The molecule has 3 aromatic rings. The van der Waals surface area contributed by atoms with Gasteiger partial charge < -0.3 is 9.47 Å². The van der Waals surface area contributed by atoms with Crippen LogP contribution in [0, 0.1) is 104 Å². The van der Waals surface area contributed by atoms with Gasteiger partial charge in [-0.25, -0.2) is 0 Å². The Hall–Kier alpha value is -3.67. The molecule has 0 aromatic heterocycles. The van der Waals surface area contributed by atoms with E-state index in [0.717, 1.165) is 22.3 Å². The summed E-state index contributed by atoms with van der Waals surface area (Å²) in [4.78, 5) is 5.23. The third-order valence-corrected chi connectivity index (χ3v) is 5.55. The monoisotopic (exact) mass is 539 g/mol. The van der Waals surface area contributed by atoms with Gasteiger partial charge in [0.25, 0.3) is 0 Å². The zero-order valence-corrected chi connectivity index (χ0v) is 22.0. The number of benzene rings is 3. The van der Waals surface area contributed by atoms with Gasteiger partial charge in [0.2, 0.25) is 13.2 Å². The summed E-state index contributed by atoms with van der Waals surface area (Å²) in [5, 5.41) is 10.2. The number of ether oxygens (including phenoxy) is 2. The Morgan fingerprint density at radius 3 is 1.40 bits per heavy atom. The Kier molecular flexibility index (Phi) is 10.6. The topological polar surface area (TPSA) is 55.2 Å². The molecule has 0 aliphatic carbocycles. The molecule has 0 amide bonds. The molecule has 0 atom stereocenters. The molecule has 2 heterocycles. The number of allylic oxidation sites excluding steroid dienone is 1. The zero-order chi connectivity index (χ0) is 29.1. The molecule has 194 valence electrons. The van der Waals surface area contributed by atoms with Gasteiger partial charge in [0.15, 0.2) is 0 Å². The molecule has 2 saturated heterocycles. The van der Waals surface area contributed by atoms with Gasteiger partial charge in [0.05, 0.1) is 57.9 Å². The summed E-state index contributed by atoms with van der Waals surface area (Å²) in [5.41, 5.74) is 3.68. The normalized spacial score (nSPS) is 17.0. The van der Waals surface area contributed by atoms with Crippen molar-refractivity contribution >= 4 is 11.1 Å². The highest BCUT2D eigenvalue weighted by atomic mass is 16.5. The molecule has 26 radical (unpaired) electrons. The first kappa shape index (κ1) is 29.8. The maximum Gasteiger partial charge on any atom is 0.222 e. The van der Waals surface area contributed by atoms with E-state index in [4.69, 9.17) is 9.47 Å². The molecule has 0 N–H and O–H groups in total. The van der Waals surface area contributed by atoms with Crippen LogP contribution in [-0.2, 0) is 0 Å². The van der Waals surface area contributed by atoms with Gasteiger partial charge in [0.1, 0.15) is 30.7 Å².